The Hall–Kier alpha value is -1.50. The fourth-order valence-corrected chi connectivity index (χ4v) is 1.28. The van der Waals surface area contributed by atoms with E-state index in [1.807, 2.05) is 6.92 Å². The molecule has 2 rings (SSSR count). The van der Waals surface area contributed by atoms with Crippen molar-refractivity contribution in [3.63, 3.8) is 0 Å². The molecular formula is C10H12F2N2O3. The average Bonchev–Trinajstić information content (AvgIpc) is 2.81. The van der Waals surface area contributed by atoms with Crippen molar-refractivity contribution in [3.05, 3.63) is 11.8 Å². The molecule has 7 heteroatoms. The van der Waals surface area contributed by atoms with Crippen LogP contribution in [-0.2, 0) is 4.74 Å². The molecule has 0 radical (unpaired) electrons. The van der Waals surface area contributed by atoms with Gasteiger partial charge in [-0.3, -0.25) is 4.79 Å². The van der Waals surface area contributed by atoms with Gasteiger partial charge in [0.1, 0.15) is 17.9 Å². The van der Waals surface area contributed by atoms with E-state index in [0.29, 0.717) is 11.3 Å². The van der Waals surface area contributed by atoms with Crippen molar-refractivity contribution in [1.82, 2.24) is 9.78 Å². The van der Waals surface area contributed by atoms with Crippen molar-refractivity contribution < 1.29 is 23.0 Å². The fourth-order valence-electron chi connectivity index (χ4n) is 1.28. The summed E-state index contributed by atoms with van der Waals surface area (Å²) in [5, 5.41) is 3.67. The molecule has 1 atom stereocenters. The first kappa shape index (κ1) is 12.0. The molecule has 5 nitrogen and oxygen atoms in total. The summed E-state index contributed by atoms with van der Waals surface area (Å²) in [5.41, 5.74) is -0.820. The Labute approximate surface area is 96.3 Å². The maximum absolute atomic E-state index is 12.6. The Balaban J connectivity index is 2.12. The quantitative estimate of drug-likeness (QED) is 0.758. The van der Waals surface area contributed by atoms with Gasteiger partial charge in [-0.25, -0.2) is 8.78 Å². The lowest BCUT2D eigenvalue weighted by atomic mass is 10.2. The monoisotopic (exact) mass is 246 g/mol. The minimum Gasteiger partial charge on any atom is -0.473 e. The number of hydrogen-bond acceptors (Lipinski definition) is 4. The second kappa shape index (κ2) is 4.06. The van der Waals surface area contributed by atoms with E-state index in [2.05, 4.69) is 5.10 Å². The van der Waals surface area contributed by atoms with Gasteiger partial charge in [0.15, 0.2) is 0 Å². The van der Waals surface area contributed by atoms with Crippen molar-refractivity contribution in [1.29, 1.82) is 0 Å². The van der Waals surface area contributed by atoms with Crippen LogP contribution in [0.5, 0.6) is 5.88 Å². The second-order valence-electron chi connectivity index (χ2n) is 4.17. The van der Waals surface area contributed by atoms with E-state index in [-0.39, 0.29) is 18.1 Å². The molecule has 94 valence electrons. The van der Waals surface area contributed by atoms with E-state index < -0.39 is 18.0 Å². The van der Waals surface area contributed by atoms with Crippen LogP contribution in [0.4, 0.5) is 8.78 Å². The molecule has 2 heterocycles. The Kier molecular flexibility index (Phi) is 2.86. The molecule has 0 amide bonds. The molecule has 0 unspecified atom stereocenters. The number of hydrogen-bond donors (Lipinski definition) is 0. The van der Waals surface area contributed by atoms with Crippen LogP contribution in [0.3, 0.4) is 0 Å². The predicted octanol–water partition coefficient (Wildman–Crippen LogP) is 1.65. The molecule has 17 heavy (non-hydrogen) atoms. The third kappa shape index (κ3) is 2.60. The zero-order valence-corrected chi connectivity index (χ0v) is 9.44. The van der Waals surface area contributed by atoms with Crippen LogP contribution < -0.4 is 4.74 Å². The molecule has 1 aromatic heterocycles. The van der Waals surface area contributed by atoms with Crippen molar-refractivity contribution in [2.75, 3.05) is 13.2 Å². The topological polar surface area (TPSA) is 56.7 Å². The third-order valence-electron chi connectivity index (χ3n) is 2.40. The van der Waals surface area contributed by atoms with Gasteiger partial charge >= 0.3 is 0 Å². The summed E-state index contributed by atoms with van der Waals surface area (Å²) in [5.74, 6) is -0.573. The third-order valence-corrected chi connectivity index (χ3v) is 2.40. The first-order chi connectivity index (χ1) is 7.91. The highest BCUT2D eigenvalue weighted by Crippen LogP contribution is 2.28. The maximum atomic E-state index is 12.6. The number of epoxide rings is 1. The van der Waals surface area contributed by atoms with E-state index in [4.69, 9.17) is 9.47 Å². The zero-order valence-electron chi connectivity index (χ0n) is 9.44. The summed E-state index contributed by atoms with van der Waals surface area (Å²) in [6.45, 7) is 3.80. The van der Waals surface area contributed by atoms with Gasteiger partial charge in [0.25, 0.3) is 6.43 Å². The molecule has 0 bridgehead atoms. The predicted molar refractivity (Wildman–Crippen MR) is 53.3 cm³/mol. The van der Waals surface area contributed by atoms with Gasteiger partial charge in [-0.1, -0.05) is 0 Å². The smallest absolute Gasteiger partial charge is 0.280 e. The molecule has 1 saturated heterocycles. The Bertz CT molecular complexity index is 441. The molecule has 0 aromatic carbocycles. The van der Waals surface area contributed by atoms with Crippen LogP contribution in [0, 0.1) is 0 Å². The van der Waals surface area contributed by atoms with Crippen molar-refractivity contribution in [2.45, 2.75) is 25.9 Å². The average molecular weight is 246 g/mol. The highest BCUT2D eigenvalue weighted by molar-refractivity contribution is 5.76. The number of halogens is 2. The minimum atomic E-state index is -2.77. The van der Waals surface area contributed by atoms with Crippen molar-refractivity contribution in [2.24, 2.45) is 0 Å². The normalized spacial score (nSPS) is 22.9. The molecule has 0 saturated carbocycles. The lowest BCUT2D eigenvalue weighted by Gasteiger charge is -2.04. The van der Waals surface area contributed by atoms with Crippen LogP contribution in [0.1, 0.15) is 30.8 Å². The SMILES string of the molecule is CC(=O)n1nc(OC[C@]2(C)CO2)cc1C(F)F. The number of aromatic nitrogens is 2. The van der Waals surface area contributed by atoms with Crippen LogP contribution in [0.2, 0.25) is 0 Å². The summed E-state index contributed by atoms with van der Waals surface area (Å²) in [4.78, 5) is 11.1. The zero-order chi connectivity index (χ0) is 12.6. The number of carbonyl (C=O) groups excluding carboxylic acids is 1. The van der Waals surface area contributed by atoms with Gasteiger partial charge in [-0.2, -0.15) is 4.68 Å². The van der Waals surface area contributed by atoms with Crippen LogP contribution >= 0.6 is 0 Å². The number of ether oxygens (including phenoxy) is 2. The van der Waals surface area contributed by atoms with Crippen LogP contribution in [-0.4, -0.2) is 34.5 Å². The van der Waals surface area contributed by atoms with Crippen LogP contribution in [0.25, 0.3) is 0 Å². The summed E-state index contributed by atoms with van der Waals surface area (Å²) in [6.07, 6.45) is -2.77. The maximum Gasteiger partial charge on any atom is 0.280 e. The largest absolute Gasteiger partial charge is 0.473 e. The van der Waals surface area contributed by atoms with E-state index in [0.717, 1.165) is 13.0 Å². The Morgan fingerprint density at radius 1 is 1.76 bits per heavy atom. The standard InChI is InChI=1S/C10H12F2N2O3/c1-6(15)14-7(9(11)12)3-8(13-14)16-4-10(2)5-17-10/h3,9H,4-5H2,1-2H3/t10-/m1/s1. The number of rotatable bonds is 4. The first-order valence-electron chi connectivity index (χ1n) is 5.07. The van der Waals surface area contributed by atoms with E-state index in [1.165, 1.54) is 0 Å². The van der Waals surface area contributed by atoms with Gasteiger partial charge < -0.3 is 9.47 Å². The number of alkyl halides is 2. The second-order valence-corrected chi connectivity index (χ2v) is 4.17. The molecule has 0 spiro atoms. The Morgan fingerprint density at radius 3 is 2.82 bits per heavy atom. The van der Waals surface area contributed by atoms with Gasteiger partial charge in [-0.05, 0) is 6.92 Å². The molecule has 0 aliphatic carbocycles. The first-order valence-corrected chi connectivity index (χ1v) is 5.07. The molecule has 1 fully saturated rings. The van der Waals surface area contributed by atoms with E-state index >= 15 is 0 Å². The van der Waals surface area contributed by atoms with Gasteiger partial charge in [-0.15, -0.1) is 5.10 Å². The lowest BCUT2D eigenvalue weighted by Crippen LogP contribution is -2.17. The van der Waals surface area contributed by atoms with E-state index in [1.54, 1.807) is 0 Å². The molecule has 1 aliphatic rings. The highest BCUT2D eigenvalue weighted by atomic mass is 19.3. The summed E-state index contributed by atoms with van der Waals surface area (Å²) < 4.78 is 36.1. The number of carbonyl (C=O) groups is 1. The molecule has 1 aliphatic heterocycles. The van der Waals surface area contributed by atoms with Crippen molar-refractivity contribution >= 4 is 5.91 Å². The fraction of sp³-hybridized carbons (Fsp3) is 0.600. The van der Waals surface area contributed by atoms with Gasteiger partial charge in [0, 0.05) is 13.0 Å². The molecule has 1 aromatic rings. The van der Waals surface area contributed by atoms with Crippen LogP contribution in [0.15, 0.2) is 6.07 Å². The summed E-state index contributed by atoms with van der Waals surface area (Å²) in [6, 6.07) is 1.07. The minimum absolute atomic E-state index is 0.00669. The molecule has 0 N–H and O–H groups in total. The van der Waals surface area contributed by atoms with E-state index in [9.17, 15) is 13.6 Å². The van der Waals surface area contributed by atoms with Gasteiger partial charge in [0.2, 0.25) is 11.8 Å². The Morgan fingerprint density at radius 2 is 2.41 bits per heavy atom. The molecular weight excluding hydrogens is 234 g/mol. The van der Waals surface area contributed by atoms with Crippen molar-refractivity contribution in [3.8, 4) is 5.88 Å². The summed E-state index contributed by atoms with van der Waals surface area (Å²) >= 11 is 0. The lowest BCUT2D eigenvalue weighted by molar-refractivity contribution is 0.0873. The summed E-state index contributed by atoms with van der Waals surface area (Å²) in [7, 11) is 0. The highest BCUT2D eigenvalue weighted by Gasteiger charge is 2.40. The van der Waals surface area contributed by atoms with Gasteiger partial charge in [0.05, 0.1) is 6.61 Å². The number of nitrogens with zero attached hydrogens (tertiary/aromatic N) is 2.